The van der Waals surface area contributed by atoms with Crippen molar-refractivity contribution in [1.82, 2.24) is 5.32 Å². The third-order valence-electron chi connectivity index (χ3n) is 18.8. The van der Waals surface area contributed by atoms with Crippen molar-refractivity contribution in [3.05, 3.63) is 24.3 Å². The molecule has 1 fully saturated rings. The second kappa shape index (κ2) is 67.6. The average Bonchev–Trinajstić information content (AvgIpc) is 2.81. The van der Waals surface area contributed by atoms with Crippen molar-refractivity contribution in [2.24, 2.45) is 0 Å². The van der Waals surface area contributed by atoms with Gasteiger partial charge in [0.05, 0.1) is 32.0 Å². The van der Waals surface area contributed by atoms with Crippen molar-refractivity contribution < 1.29 is 49.3 Å². The highest BCUT2D eigenvalue weighted by Gasteiger charge is 2.44. The summed E-state index contributed by atoms with van der Waals surface area (Å²) < 4.78 is 16.7. The largest absolute Gasteiger partial charge is 0.466 e. The highest BCUT2D eigenvalue weighted by atomic mass is 16.7. The number of allylic oxidation sites excluding steroid dienone is 3. The molecule has 0 aromatic rings. The summed E-state index contributed by atoms with van der Waals surface area (Å²) in [6, 6.07) is -0.805. The fraction of sp³-hybridized carbons (Fsp3) is 0.923. The lowest BCUT2D eigenvalue weighted by molar-refractivity contribution is -0.302. The van der Waals surface area contributed by atoms with Gasteiger partial charge in [-0.3, -0.25) is 9.59 Å². The number of ether oxygens (including phenoxy) is 3. The highest BCUT2D eigenvalue weighted by Crippen LogP contribution is 2.24. The summed E-state index contributed by atoms with van der Waals surface area (Å²) in [5, 5.41) is 54.4. The number of esters is 1. The van der Waals surface area contributed by atoms with Gasteiger partial charge in [-0.2, -0.15) is 0 Å². The number of nitrogens with one attached hydrogen (secondary N) is 1. The Hall–Kier alpha value is -1.86. The van der Waals surface area contributed by atoms with Gasteiger partial charge in [0.2, 0.25) is 5.91 Å². The second-order valence-electron chi connectivity index (χ2n) is 27.4. The van der Waals surface area contributed by atoms with E-state index in [-0.39, 0.29) is 18.5 Å². The van der Waals surface area contributed by atoms with Gasteiger partial charge in [0.1, 0.15) is 24.4 Å². The van der Waals surface area contributed by atoms with Gasteiger partial charge in [-0.15, -0.1) is 0 Å². The molecule has 1 heterocycles. The van der Waals surface area contributed by atoms with Crippen LogP contribution in [0.2, 0.25) is 0 Å². The van der Waals surface area contributed by atoms with Crippen molar-refractivity contribution in [3.8, 4) is 0 Å². The Kier molecular flexibility index (Phi) is 64.6. The average molecular weight is 1260 g/mol. The molecule has 1 aliphatic heterocycles. The van der Waals surface area contributed by atoms with Gasteiger partial charge in [0, 0.05) is 12.8 Å². The first-order valence-corrected chi connectivity index (χ1v) is 39.1. The number of hydrogen-bond donors (Lipinski definition) is 6. The molecule has 0 saturated carbocycles. The van der Waals surface area contributed by atoms with Crippen LogP contribution in [0.25, 0.3) is 0 Å². The van der Waals surface area contributed by atoms with Gasteiger partial charge < -0.3 is 45.1 Å². The Balaban J connectivity index is 1.87. The summed E-state index contributed by atoms with van der Waals surface area (Å²) in [7, 11) is 0. The molecule has 11 heteroatoms. The van der Waals surface area contributed by atoms with Crippen LogP contribution < -0.4 is 5.32 Å². The molecule has 7 unspecified atom stereocenters. The van der Waals surface area contributed by atoms with Gasteiger partial charge in [0.15, 0.2) is 6.29 Å². The topological polar surface area (TPSA) is 175 Å². The zero-order chi connectivity index (χ0) is 64.4. The Morgan fingerprint density at radius 1 is 0.404 bits per heavy atom. The molecule has 1 rings (SSSR count). The van der Waals surface area contributed by atoms with E-state index in [9.17, 15) is 35.1 Å². The van der Waals surface area contributed by atoms with E-state index in [2.05, 4.69) is 31.3 Å². The van der Waals surface area contributed by atoms with Crippen LogP contribution >= 0.6 is 0 Å². The summed E-state index contributed by atoms with van der Waals surface area (Å²) in [5.74, 6) is -0.158. The first kappa shape index (κ1) is 85.2. The fourth-order valence-corrected chi connectivity index (χ4v) is 12.7. The second-order valence-corrected chi connectivity index (χ2v) is 27.4. The molecular weight excluding hydrogens is 1110 g/mol. The molecule has 6 N–H and O–H groups in total. The van der Waals surface area contributed by atoms with Crippen molar-refractivity contribution >= 4 is 11.9 Å². The number of amides is 1. The van der Waals surface area contributed by atoms with Crippen LogP contribution in [0.1, 0.15) is 399 Å². The van der Waals surface area contributed by atoms with Gasteiger partial charge in [-0.05, 0) is 57.8 Å². The smallest absolute Gasteiger partial charge is 0.305 e. The SMILES string of the molecule is CCCCCCCCCC/C=C/C(O)C(COC1OC(CO)C(O)C(O)C1O)NC(=O)CCCCCCCCCCCCCCCCCCC/C=C\CCCCCCCCCCCCCCCCCCCCOC(=O)CCCCCCCCCCCCCC. The van der Waals surface area contributed by atoms with E-state index in [1.165, 1.54) is 321 Å². The summed E-state index contributed by atoms with van der Waals surface area (Å²) in [6.45, 7) is 4.37. The predicted octanol–water partition coefficient (Wildman–Crippen LogP) is 20.8. The summed E-state index contributed by atoms with van der Waals surface area (Å²) in [5.41, 5.74) is 0. The Morgan fingerprint density at radius 2 is 0.719 bits per heavy atom. The molecule has 0 spiro atoms. The van der Waals surface area contributed by atoms with Crippen molar-refractivity contribution in [2.75, 3.05) is 19.8 Å². The van der Waals surface area contributed by atoms with Gasteiger partial charge in [0.25, 0.3) is 0 Å². The Bertz CT molecular complexity index is 1530. The number of carbonyl (C=O) groups is 2. The van der Waals surface area contributed by atoms with E-state index >= 15 is 0 Å². The fourth-order valence-electron chi connectivity index (χ4n) is 12.7. The van der Waals surface area contributed by atoms with Gasteiger partial charge in [-0.1, -0.05) is 353 Å². The van der Waals surface area contributed by atoms with Crippen LogP contribution in [-0.2, 0) is 23.8 Å². The molecule has 0 radical (unpaired) electrons. The number of aliphatic hydroxyl groups is 5. The van der Waals surface area contributed by atoms with Gasteiger partial charge >= 0.3 is 5.97 Å². The lowest BCUT2D eigenvalue weighted by Gasteiger charge is -2.40. The van der Waals surface area contributed by atoms with E-state index in [0.717, 1.165) is 51.4 Å². The van der Waals surface area contributed by atoms with Crippen LogP contribution in [0.3, 0.4) is 0 Å². The minimum absolute atomic E-state index is 0.0181. The Morgan fingerprint density at radius 3 is 1.08 bits per heavy atom. The molecule has 1 saturated heterocycles. The molecule has 11 nitrogen and oxygen atoms in total. The van der Waals surface area contributed by atoms with Crippen LogP contribution in [-0.4, -0.2) is 100 Å². The minimum atomic E-state index is -1.57. The predicted molar refractivity (Wildman–Crippen MR) is 375 cm³/mol. The highest BCUT2D eigenvalue weighted by molar-refractivity contribution is 5.76. The third-order valence-corrected chi connectivity index (χ3v) is 18.8. The summed E-state index contributed by atoms with van der Waals surface area (Å²) >= 11 is 0. The molecule has 0 aliphatic carbocycles. The number of aliphatic hydroxyl groups excluding tert-OH is 5. The van der Waals surface area contributed by atoms with E-state index in [4.69, 9.17) is 14.2 Å². The van der Waals surface area contributed by atoms with Crippen LogP contribution in [0, 0.1) is 0 Å². The number of unbranched alkanes of at least 4 members (excludes halogenated alkanes) is 54. The minimum Gasteiger partial charge on any atom is -0.466 e. The molecular formula is C78H149NO10. The van der Waals surface area contributed by atoms with Gasteiger partial charge in [-0.25, -0.2) is 0 Å². The van der Waals surface area contributed by atoms with Crippen LogP contribution in [0.4, 0.5) is 0 Å². The molecule has 1 aliphatic rings. The zero-order valence-corrected chi connectivity index (χ0v) is 58.7. The number of carbonyl (C=O) groups excluding carboxylic acids is 2. The van der Waals surface area contributed by atoms with Crippen molar-refractivity contribution in [2.45, 2.75) is 442 Å². The van der Waals surface area contributed by atoms with Crippen molar-refractivity contribution in [3.63, 3.8) is 0 Å². The normalized spacial score (nSPS) is 17.8. The first-order valence-electron chi connectivity index (χ1n) is 39.1. The molecule has 1 amide bonds. The van der Waals surface area contributed by atoms with E-state index in [0.29, 0.717) is 19.4 Å². The molecule has 7 atom stereocenters. The third kappa shape index (κ3) is 56.2. The summed E-state index contributed by atoms with van der Waals surface area (Å²) in [4.78, 5) is 25.1. The molecule has 0 bridgehead atoms. The van der Waals surface area contributed by atoms with Crippen LogP contribution in [0.5, 0.6) is 0 Å². The van der Waals surface area contributed by atoms with E-state index < -0.39 is 49.5 Å². The molecule has 0 aromatic heterocycles. The first-order chi connectivity index (χ1) is 43.7. The molecule has 526 valence electrons. The maximum atomic E-state index is 13.0. The quantitative estimate of drug-likeness (QED) is 0.0195. The molecule has 0 aromatic carbocycles. The summed E-state index contributed by atoms with van der Waals surface area (Å²) in [6.07, 6.45) is 76.5. The van der Waals surface area contributed by atoms with E-state index in [1.54, 1.807) is 6.08 Å². The zero-order valence-electron chi connectivity index (χ0n) is 58.7. The standard InChI is InChI=1S/C78H149NO10/c1-3-5-7-9-11-13-15-46-50-54-58-62-66-74(83)87-67-63-59-55-51-47-44-42-40-38-36-34-32-30-28-26-24-22-20-18-16-17-19-21-23-25-27-29-31-33-35-37-39-41-43-45-49-53-57-61-65-73(82)79-70(69-88-78-77(86)76(85)75(84)72(68-80)89-78)71(81)64-60-56-52-48-14-12-10-8-6-4-2/h16-17,60,64,70-72,75-78,80-81,84-86H,3-15,18-59,61-63,65-69H2,1-2H3,(H,79,82)/b17-16-,64-60+. The monoisotopic (exact) mass is 1260 g/mol. The van der Waals surface area contributed by atoms with Crippen molar-refractivity contribution in [1.29, 1.82) is 0 Å². The Labute approximate surface area is 550 Å². The lowest BCUT2D eigenvalue weighted by atomic mass is 9.99. The van der Waals surface area contributed by atoms with E-state index in [1.807, 2.05) is 6.08 Å². The maximum Gasteiger partial charge on any atom is 0.305 e. The number of rotatable bonds is 70. The van der Waals surface area contributed by atoms with Crippen LogP contribution in [0.15, 0.2) is 24.3 Å². The number of hydrogen-bond acceptors (Lipinski definition) is 10. The maximum absolute atomic E-state index is 13.0. The lowest BCUT2D eigenvalue weighted by Crippen LogP contribution is -2.60. The molecule has 89 heavy (non-hydrogen) atoms.